The number of rotatable bonds is 7. The van der Waals surface area contributed by atoms with Crippen molar-refractivity contribution in [1.82, 2.24) is 14.9 Å². The van der Waals surface area contributed by atoms with Crippen LogP contribution in [0.5, 0.6) is 0 Å². The number of piperidine rings is 1. The van der Waals surface area contributed by atoms with Crippen molar-refractivity contribution in [2.24, 2.45) is 11.8 Å². The molecule has 0 bridgehead atoms. The first-order valence-corrected chi connectivity index (χ1v) is 10.5. The summed E-state index contributed by atoms with van der Waals surface area (Å²) < 4.78 is 5.88. The van der Waals surface area contributed by atoms with Crippen molar-refractivity contribution in [3.63, 3.8) is 0 Å². The van der Waals surface area contributed by atoms with Gasteiger partial charge in [-0.05, 0) is 89.2 Å². The highest BCUT2D eigenvalue weighted by atomic mass is 16.5. The summed E-state index contributed by atoms with van der Waals surface area (Å²) in [6.45, 7) is 3.34. The molecule has 1 aromatic heterocycles. The van der Waals surface area contributed by atoms with Crippen molar-refractivity contribution < 1.29 is 4.52 Å². The van der Waals surface area contributed by atoms with Gasteiger partial charge in [-0.25, -0.2) is 0 Å². The molecular weight excluding hydrogens is 333 g/mol. The molecule has 0 unspecified atom stereocenters. The maximum atomic E-state index is 5.88. The van der Waals surface area contributed by atoms with Gasteiger partial charge >= 0.3 is 0 Å². The number of hydrogen-bond donors (Lipinski definition) is 0. The van der Waals surface area contributed by atoms with Crippen LogP contribution in [-0.4, -0.2) is 50.0 Å². The van der Waals surface area contributed by atoms with Crippen LogP contribution in [0.1, 0.15) is 48.9 Å². The van der Waals surface area contributed by atoms with E-state index in [9.17, 15) is 0 Å². The summed E-state index contributed by atoms with van der Waals surface area (Å²) in [4.78, 5) is 4.65. The Morgan fingerprint density at radius 1 is 1.22 bits per heavy atom. The third kappa shape index (κ3) is 4.64. The van der Waals surface area contributed by atoms with Crippen LogP contribution >= 0.6 is 0 Å². The van der Waals surface area contributed by atoms with Crippen molar-refractivity contribution in [1.29, 1.82) is 0 Å². The Balaban J connectivity index is 1.54. The summed E-state index contributed by atoms with van der Waals surface area (Å²) in [6.07, 6.45) is 12.2. The molecule has 0 amide bonds. The SMILES string of the molecule is BN1CCC(CCc2noc3c(CN(C)C)c(/C=C/C4CC4)ccc23)CC1. The zero-order valence-corrected chi connectivity index (χ0v) is 17.1. The van der Waals surface area contributed by atoms with E-state index in [1.165, 1.54) is 61.7 Å². The molecule has 0 spiro atoms. The van der Waals surface area contributed by atoms with E-state index >= 15 is 0 Å². The second-order valence-electron chi connectivity index (χ2n) is 8.86. The molecule has 0 radical (unpaired) electrons. The lowest BCUT2D eigenvalue weighted by atomic mass is 9.90. The minimum absolute atomic E-state index is 0.785. The second-order valence-corrected chi connectivity index (χ2v) is 8.86. The first-order valence-electron chi connectivity index (χ1n) is 10.5. The molecule has 5 heteroatoms. The molecule has 0 N–H and O–H groups in total. The van der Waals surface area contributed by atoms with Gasteiger partial charge in [0.25, 0.3) is 0 Å². The van der Waals surface area contributed by atoms with Crippen LogP contribution in [0, 0.1) is 11.8 Å². The minimum Gasteiger partial charge on any atom is -0.356 e. The van der Waals surface area contributed by atoms with Crippen molar-refractivity contribution in [2.45, 2.75) is 45.1 Å². The first-order chi connectivity index (χ1) is 13.1. The summed E-state index contributed by atoms with van der Waals surface area (Å²) in [7, 11) is 6.46. The number of aryl methyl sites for hydroxylation is 1. The molecule has 4 nitrogen and oxygen atoms in total. The minimum atomic E-state index is 0.785. The summed E-state index contributed by atoms with van der Waals surface area (Å²) in [5.74, 6) is 1.61. The Morgan fingerprint density at radius 3 is 2.70 bits per heavy atom. The molecule has 0 atom stereocenters. The van der Waals surface area contributed by atoms with E-state index in [1.54, 1.807) is 0 Å². The van der Waals surface area contributed by atoms with Gasteiger partial charge in [-0.3, -0.25) is 0 Å². The van der Waals surface area contributed by atoms with E-state index in [-0.39, 0.29) is 0 Å². The molecule has 1 saturated carbocycles. The molecule has 1 aliphatic heterocycles. The van der Waals surface area contributed by atoms with Crippen LogP contribution in [0.25, 0.3) is 17.0 Å². The molecule has 1 saturated heterocycles. The van der Waals surface area contributed by atoms with Gasteiger partial charge in [0.05, 0.1) is 5.69 Å². The lowest BCUT2D eigenvalue weighted by Gasteiger charge is -2.29. The highest BCUT2D eigenvalue weighted by Gasteiger charge is 2.20. The van der Waals surface area contributed by atoms with E-state index in [0.717, 1.165) is 36.1 Å². The first kappa shape index (κ1) is 18.8. The molecule has 1 aromatic carbocycles. The number of benzene rings is 1. The van der Waals surface area contributed by atoms with Crippen molar-refractivity contribution in [3.05, 3.63) is 35.0 Å². The van der Waals surface area contributed by atoms with Gasteiger partial charge in [0.1, 0.15) is 0 Å². The standard InChI is InChI=1S/C22H32BN3O/c1-25(2)15-20-18(7-5-16-3-4-16)8-9-19-21(24-27-22(19)20)10-6-17-11-13-26(23)14-12-17/h5,7-9,16-17H,3-4,6,10-15,23H2,1-2H3/b7-5+. The lowest BCUT2D eigenvalue weighted by Crippen LogP contribution is -2.31. The average molecular weight is 365 g/mol. The number of hydrogen-bond acceptors (Lipinski definition) is 4. The molecule has 2 aliphatic rings. The highest BCUT2D eigenvalue weighted by molar-refractivity contribution is 6.04. The topological polar surface area (TPSA) is 32.5 Å². The molecular formula is C22H32BN3O. The van der Waals surface area contributed by atoms with Crippen LogP contribution in [-0.2, 0) is 13.0 Å². The maximum absolute atomic E-state index is 5.88. The quantitative estimate of drug-likeness (QED) is 0.703. The second kappa shape index (κ2) is 8.20. The van der Waals surface area contributed by atoms with E-state index in [4.69, 9.17) is 4.52 Å². The summed E-state index contributed by atoms with van der Waals surface area (Å²) >= 11 is 0. The van der Waals surface area contributed by atoms with E-state index in [1.807, 2.05) is 0 Å². The Kier molecular flexibility index (Phi) is 5.70. The summed E-state index contributed by atoms with van der Waals surface area (Å²) in [5.41, 5.74) is 4.68. The smallest absolute Gasteiger partial charge is 0.185 e. The van der Waals surface area contributed by atoms with Gasteiger partial charge < -0.3 is 14.2 Å². The van der Waals surface area contributed by atoms with E-state index in [0.29, 0.717) is 0 Å². The third-order valence-electron chi connectivity index (χ3n) is 6.13. The van der Waals surface area contributed by atoms with Gasteiger partial charge in [0.15, 0.2) is 13.6 Å². The Bertz CT molecular complexity index is 801. The molecule has 144 valence electrons. The number of fused-ring (bicyclic) bond motifs is 1. The van der Waals surface area contributed by atoms with Crippen molar-refractivity contribution >= 4 is 25.0 Å². The van der Waals surface area contributed by atoms with Gasteiger partial charge in [0.2, 0.25) is 0 Å². The monoisotopic (exact) mass is 365 g/mol. The van der Waals surface area contributed by atoms with E-state index < -0.39 is 0 Å². The molecule has 2 fully saturated rings. The Labute approximate surface area is 164 Å². The highest BCUT2D eigenvalue weighted by Crippen LogP contribution is 2.33. The zero-order chi connectivity index (χ0) is 18.8. The number of aromatic nitrogens is 1. The predicted octanol–water partition coefficient (Wildman–Crippen LogP) is 3.51. The largest absolute Gasteiger partial charge is 0.356 e. The lowest BCUT2D eigenvalue weighted by molar-refractivity contribution is 0.270. The zero-order valence-electron chi connectivity index (χ0n) is 17.1. The van der Waals surface area contributed by atoms with Gasteiger partial charge in [-0.1, -0.05) is 23.4 Å². The number of nitrogens with zero attached hydrogens (tertiary/aromatic N) is 3. The Hall–Kier alpha value is -1.59. The third-order valence-corrected chi connectivity index (χ3v) is 6.13. The summed E-state index contributed by atoms with van der Waals surface area (Å²) in [5, 5.41) is 5.69. The van der Waals surface area contributed by atoms with Crippen LogP contribution in [0.15, 0.2) is 22.7 Å². The fourth-order valence-electron chi connectivity index (χ4n) is 4.16. The van der Waals surface area contributed by atoms with Gasteiger partial charge in [0, 0.05) is 17.5 Å². The van der Waals surface area contributed by atoms with E-state index in [2.05, 4.69) is 61.2 Å². The van der Waals surface area contributed by atoms with Crippen LogP contribution in [0.3, 0.4) is 0 Å². The molecule has 27 heavy (non-hydrogen) atoms. The van der Waals surface area contributed by atoms with Crippen LogP contribution in [0.4, 0.5) is 0 Å². The van der Waals surface area contributed by atoms with Crippen molar-refractivity contribution in [2.75, 3.05) is 27.2 Å². The fraction of sp³-hybridized carbons (Fsp3) is 0.591. The predicted molar refractivity (Wildman–Crippen MR) is 114 cm³/mol. The normalized spacial score (nSPS) is 19.7. The van der Waals surface area contributed by atoms with Crippen LogP contribution < -0.4 is 0 Å². The summed E-state index contributed by atoms with van der Waals surface area (Å²) in [6, 6.07) is 4.48. The molecule has 2 heterocycles. The fourth-order valence-corrected chi connectivity index (χ4v) is 4.16. The van der Waals surface area contributed by atoms with Gasteiger partial charge in [-0.15, -0.1) is 0 Å². The maximum Gasteiger partial charge on any atom is 0.185 e. The van der Waals surface area contributed by atoms with Crippen LogP contribution in [0.2, 0.25) is 0 Å². The molecule has 1 aliphatic carbocycles. The number of allylic oxidation sites excluding steroid dienone is 1. The Morgan fingerprint density at radius 2 is 2.00 bits per heavy atom. The molecule has 2 aromatic rings. The average Bonchev–Trinajstić information content (AvgIpc) is 3.39. The van der Waals surface area contributed by atoms with Gasteiger partial charge in [-0.2, -0.15) is 0 Å². The molecule has 4 rings (SSSR count). The van der Waals surface area contributed by atoms with Crippen molar-refractivity contribution in [3.8, 4) is 0 Å².